The molecule has 0 radical (unpaired) electrons. The molecule has 0 bridgehead atoms. The molecule has 0 saturated carbocycles. The number of hydrogen-bond donors (Lipinski definition) is 1. The maximum Gasteiger partial charge on any atom is 0.305 e. The second-order valence-electron chi connectivity index (χ2n) is 4.16. The number of nitrogens with one attached hydrogen (secondary N) is 1. The molecule has 1 N–H and O–H groups in total. The smallest absolute Gasteiger partial charge is 0.305 e. The van der Waals surface area contributed by atoms with E-state index in [1.165, 1.54) is 12.4 Å². The number of nitrogens with zero attached hydrogens (tertiary/aromatic N) is 4. The van der Waals surface area contributed by atoms with Gasteiger partial charge in [-0.25, -0.2) is 9.97 Å². The van der Waals surface area contributed by atoms with Gasteiger partial charge in [-0.3, -0.25) is 10.1 Å². The molecule has 1 unspecified atom stereocenters. The molecule has 8 nitrogen and oxygen atoms in total. The second-order valence-corrected chi connectivity index (χ2v) is 4.16. The van der Waals surface area contributed by atoms with E-state index in [9.17, 15) is 10.1 Å². The van der Waals surface area contributed by atoms with Gasteiger partial charge in [0.05, 0.1) is 17.6 Å². The Balaban J connectivity index is 1.84. The minimum Gasteiger partial charge on any atom is -0.374 e. The van der Waals surface area contributed by atoms with Gasteiger partial charge in [0, 0.05) is 19.6 Å². The summed E-state index contributed by atoms with van der Waals surface area (Å²) in [6.07, 6.45) is 2.45. The number of anilines is 1. The average Bonchev–Trinajstić information content (AvgIpc) is 2.37. The Hall–Kier alpha value is -1.80. The molecule has 1 aromatic heterocycles. The molecule has 1 fully saturated rings. The molecule has 2 rings (SSSR count). The lowest BCUT2D eigenvalue weighted by molar-refractivity contribution is -0.385. The van der Waals surface area contributed by atoms with E-state index < -0.39 is 4.92 Å². The highest BCUT2D eigenvalue weighted by atomic mass is 16.6. The Labute approximate surface area is 104 Å². The predicted octanol–water partition coefficient (Wildman–Crippen LogP) is 0.127. The fourth-order valence-corrected chi connectivity index (χ4v) is 1.70. The molecule has 1 atom stereocenters. The zero-order valence-corrected chi connectivity index (χ0v) is 10.1. The Morgan fingerprint density at radius 1 is 1.61 bits per heavy atom. The van der Waals surface area contributed by atoms with E-state index in [4.69, 9.17) is 4.74 Å². The van der Waals surface area contributed by atoms with Crippen LogP contribution in [0, 0.1) is 10.1 Å². The molecule has 0 spiro atoms. The zero-order valence-electron chi connectivity index (χ0n) is 10.1. The molecule has 98 valence electrons. The first-order chi connectivity index (χ1) is 8.65. The van der Waals surface area contributed by atoms with Crippen molar-refractivity contribution in [3.63, 3.8) is 0 Å². The van der Waals surface area contributed by atoms with Crippen LogP contribution in [0.2, 0.25) is 0 Å². The molecule has 8 heteroatoms. The van der Waals surface area contributed by atoms with Crippen molar-refractivity contribution in [2.45, 2.75) is 6.10 Å². The normalized spacial score (nSPS) is 20.6. The first-order valence-corrected chi connectivity index (χ1v) is 5.65. The van der Waals surface area contributed by atoms with Crippen molar-refractivity contribution in [3.8, 4) is 0 Å². The van der Waals surface area contributed by atoms with Crippen LogP contribution < -0.4 is 5.32 Å². The number of hydrogen-bond acceptors (Lipinski definition) is 7. The van der Waals surface area contributed by atoms with Crippen LogP contribution in [0.1, 0.15) is 0 Å². The number of morpholine rings is 1. The van der Waals surface area contributed by atoms with Crippen molar-refractivity contribution in [2.75, 3.05) is 38.6 Å². The summed E-state index contributed by atoms with van der Waals surface area (Å²) in [5.41, 5.74) is -0.116. The second kappa shape index (κ2) is 5.69. The lowest BCUT2D eigenvalue weighted by Gasteiger charge is -2.30. The maximum absolute atomic E-state index is 10.4. The van der Waals surface area contributed by atoms with Crippen LogP contribution in [-0.2, 0) is 4.74 Å². The van der Waals surface area contributed by atoms with E-state index in [0.29, 0.717) is 19.1 Å². The van der Waals surface area contributed by atoms with E-state index in [1.54, 1.807) is 0 Å². The SMILES string of the molecule is CN1CCOC(CNc2ncc([N+](=O)[O-])cn2)C1. The largest absolute Gasteiger partial charge is 0.374 e. The summed E-state index contributed by atoms with van der Waals surface area (Å²) in [5.74, 6) is 0.373. The molecule has 1 saturated heterocycles. The van der Waals surface area contributed by atoms with E-state index in [0.717, 1.165) is 13.1 Å². The predicted molar refractivity (Wildman–Crippen MR) is 64.4 cm³/mol. The average molecular weight is 253 g/mol. The minimum atomic E-state index is -0.525. The van der Waals surface area contributed by atoms with Crippen molar-refractivity contribution in [2.24, 2.45) is 0 Å². The van der Waals surface area contributed by atoms with Crippen LogP contribution in [-0.4, -0.2) is 59.2 Å². The van der Waals surface area contributed by atoms with Gasteiger partial charge in [-0.05, 0) is 7.05 Å². The monoisotopic (exact) mass is 253 g/mol. The van der Waals surface area contributed by atoms with Crippen molar-refractivity contribution < 1.29 is 9.66 Å². The topological polar surface area (TPSA) is 93.4 Å². The molecule has 1 aliphatic rings. The number of aromatic nitrogens is 2. The zero-order chi connectivity index (χ0) is 13.0. The van der Waals surface area contributed by atoms with Gasteiger partial charge in [0.1, 0.15) is 12.4 Å². The highest BCUT2D eigenvalue weighted by Crippen LogP contribution is 2.09. The van der Waals surface area contributed by atoms with Crippen LogP contribution in [0.25, 0.3) is 0 Å². The third kappa shape index (κ3) is 3.34. The lowest BCUT2D eigenvalue weighted by atomic mass is 10.3. The Bertz CT molecular complexity index is 410. The third-order valence-electron chi connectivity index (χ3n) is 2.68. The van der Waals surface area contributed by atoms with Crippen LogP contribution in [0.4, 0.5) is 11.6 Å². The molecular weight excluding hydrogens is 238 g/mol. The van der Waals surface area contributed by atoms with Crippen LogP contribution in [0.3, 0.4) is 0 Å². The summed E-state index contributed by atoms with van der Waals surface area (Å²) in [5, 5.41) is 13.4. The minimum absolute atomic E-state index is 0.0857. The quantitative estimate of drug-likeness (QED) is 0.602. The van der Waals surface area contributed by atoms with Gasteiger partial charge in [0.15, 0.2) is 0 Å². The number of ether oxygens (including phenoxy) is 1. The molecule has 1 aliphatic heterocycles. The van der Waals surface area contributed by atoms with E-state index in [1.807, 2.05) is 7.05 Å². The van der Waals surface area contributed by atoms with Crippen molar-refractivity contribution >= 4 is 11.6 Å². The molecule has 18 heavy (non-hydrogen) atoms. The van der Waals surface area contributed by atoms with Gasteiger partial charge in [-0.2, -0.15) is 0 Å². The van der Waals surface area contributed by atoms with Crippen molar-refractivity contribution in [3.05, 3.63) is 22.5 Å². The van der Waals surface area contributed by atoms with Crippen molar-refractivity contribution in [1.29, 1.82) is 0 Å². The highest BCUT2D eigenvalue weighted by Gasteiger charge is 2.17. The highest BCUT2D eigenvalue weighted by molar-refractivity contribution is 5.30. The van der Waals surface area contributed by atoms with Crippen LogP contribution in [0.15, 0.2) is 12.4 Å². The van der Waals surface area contributed by atoms with Gasteiger partial charge < -0.3 is 15.0 Å². The van der Waals surface area contributed by atoms with E-state index in [-0.39, 0.29) is 11.8 Å². The first kappa shape index (κ1) is 12.7. The molecule has 0 aromatic carbocycles. The summed E-state index contributed by atoms with van der Waals surface area (Å²) in [7, 11) is 2.04. The fourth-order valence-electron chi connectivity index (χ4n) is 1.70. The van der Waals surface area contributed by atoms with Gasteiger partial charge in [0.2, 0.25) is 5.95 Å². The fraction of sp³-hybridized carbons (Fsp3) is 0.600. The Morgan fingerprint density at radius 2 is 2.33 bits per heavy atom. The maximum atomic E-state index is 10.4. The molecule has 0 aliphatic carbocycles. The van der Waals surface area contributed by atoms with Gasteiger partial charge in [0.25, 0.3) is 0 Å². The van der Waals surface area contributed by atoms with E-state index in [2.05, 4.69) is 20.2 Å². The Kier molecular flexibility index (Phi) is 4.00. The number of nitro groups is 1. The summed E-state index contributed by atoms with van der Waals surface area (Å²) < 4.78 is 5.56. The van der Waals surface area contributed by atoms with Gasteiger partial charge in [-0.1, -0.05) is 0 Å². The van der Waals surface area contributed by atoms with Gasteiger partial charge in [-0.15, -0.1) is 0 Å². The van der Waals surface area contributed by atoms with E-state index >= 15 is 0 Å². The Morgan fingerprint density at radius 3 is 2.94 bits per heavy atom. The summed E-state index contributed by atoms with van der Waals surface area (Å²) in [6, 6.07) is 0. The third-order valence-corrected chi connectivity index (χ3v) is 2.68. The van der Waals surface area contributed by atoms with Gasteiger partial charge >= 0.3 is 5.69 Å². The lowest BCUT2D eigenvalue weighted by Crippen LogP contribution is -2.43. The summed E-state index contributed by atoms with van der Waals surface area (Å²) in [4.78, 5) is 19.8. The molecule has 1 aromatic rings. The van der Waals surface area contributed by atoms with Crippen LogP contribution in [0.5, 0.6) is 0 Å². The van der Waals surface area contributed by atoms with Crippen LogP contribution >= 0.6 is 0 Å². The van der Waals surface area contributed by atoms with Crippen molar-refractivity contribution in [1.82, 2.24) is 14.9 Å². The first-order valence-electron chi connectivity index (χ1n) is 5.65. The standard InChI is InChI=1S/C10H15N5O3/c1-14-2-3-18-9(7-14)6-13-10-11-4-8(5-12-10)15(16)17/h4-5,9H,2-3,6-7H2,1H3,(H,11,12,13). The summed E-state index contributed by atoms with van der Waals surface area (Å²) >= 11 is 0. The number of likely N-dealkylation sites (N-methyl/N-ethyl adjacent to an activating group) is 1. The molecular formula is C10H15N5O3. The number of rotatable bonds is 4. The molecule has 2 heterocycles. The summed E-state index contributed by atoms with van der Waals surface area (Å²) in [6.45, 7) is 3.08. The molecule has 0 amide bonds.